The summed E-state index contributed by atoms with van der Waals surface area (Å²) in [5, 5.41) is 0. The molecule has 1 aromatic heterocycles. The largest absolute Gasteiger partial charge is 0.416 e. The fourth-order valence-electron chi connectivity index (χ4n) is 4.62. The highest BCUT2D eigenvalue weighted by Gasteiger charge is 2.30. The van der Waals surface area contributed by atoms with Crippen molar-refractivity contribution in [1.82, 2.24) is 8.87 Å². The molecule has 0 atom stereocenters. The van der Waals surface area contributed by atoms with Crippen LogP contribution < -0.4 is 5.56 Å². The predicted molar refractivity (Wildman–Crippen MR) is 125 cm³/mol. The van der Waals surface area contributed by atoms with E-state index in [1.807, 2.05) is 16.7 Å². The number of halogens is 4. The van der Waals surface area contributed by atoms with Crippen LogP contribution in [0.15, 0.2) is 64.3 Å². The molecule has 5 rings (SSSR count). The van der Waals surface area contributed by atoms with Crippen molar-refractivity contribution in [2.24, 2.45) is 5.92 Å². The second kappa shape index (κ2) is 9.23. The van der Waals surface area contributed by atoms with Gasteiger partial charge in [0.25, 0.3) is 5.56 Å². The van der Waals surface area contributed by atoms with Gasteiger partial charge in [-0.1, -0.05) is 24.6 Å². The number of aromatic nitrogens is 1. The smallest absolute Gasteiger partial charge is 0.311 e. The number of alkyl halides is 3. The van der Waals surface area contributed by atoms with Gasteiger partial charge in [-0.3, -0.25) is 4.79 Å². The highest BCUT2D eigenvalue weighted by atomic mass is 32.2. The molecule has 0 N–H and O–H groups in total. The number of rotatable bonds is 5. The van der Waals surface area contributed by atoms with Crippen LogP contribution in [-0.4, -0.2) is 15.4 Å². The van der Waals surface area contributed by atoms with Gasteiger partial charge in [0.1, 0.15) is 5.82 Å². The third-order valence-corrected chi connectivity index (χ3v) is 7.69. The first kappa shape index (κ1) is 23.2. The SMILES string of the molecule is O=c1c(-c2ccc(C(F)(F)F)cc2)cc2c(n1CC1CCC1)CCN(Sc1cccc(F)c1)C2. The Labute approximate surface area is 199 Å². The van der Waals surface area contributed by atoms with Crippen LogP contribution in [0.25, 0.3) is 11.1 Å². The highest BCUT2D eigenvalue weighted by molar-refractivity contribution is 7.97. The minimum absolute atomic E-state index is 0.142. The number of pyridine rings is 1. The summed E-state index contributed by atoms with van der Waals surface area (Å²) in [6, 6.07) is 13.1. The Hall–Kier alpha value is -2.58. The molecule has 1 aliphatic heterocycles. The van der Waals surface area contributed by atoms with E-state index in [4.69, 9.17) is 0 Å². The maximum absolute atomic E-state index is 13.6. The van der Waals surface area contributed by atoms with Gasteiger partial charge in [-0.15, -0.1) is 0 Å². The number of nitrogens with zero attached hydrogens (tertiary/aromatic N) is 2. The van der Waals surface area contributed by atoms with Crippen molar-refractivity contribution < 1.29 is 17.6 Å². The zero-order valence-electron chi connectivity index (χ0n) is 18.4. The Morgan fingerprint density at radius 3 is 2.44 bits per heavy atom. The molecule has 0 radical (unpaired) electrons. The van der Waals surface area contributed by atoms with Crippen molar-refractivity contribution in [3.63, 3.8) is 0 Å². The van der Waals surface area contributed by atoms with Gasteiger partial charge < -0.3 is 4.57 Å². The summed E-state index contributed by atoms with van der Waals surface area (Å²) in [6.07, 6.45) is -0.390. The second-order valence-electron chi connectivity index (χ2n) is 8.98. The van der Waals surface area contributed by atoms with Crippen LogP contribution in [-0.2, 0) is 25.7 Å². The number of hydrogen-bond donors (Lipinski definition) is 0. The Morgan fingerprint density at radius 1 is 1.03 bits per heavy atom. The van der Waals surface area contributed by atoms with E-state index in [1.54, 1.807) is 6.07 Å². The number of hydrogen-bond acceptors (Lipinski definition) is 3. The molecule has 3 nitrogen and oxygen atoms in total. The topological polar surface area (TPSA) is 25.2 Å². The van der Waals surface area contributed by atoms with Crippen molar-refractivity contribution >= 4 is 11.9 Å². The van der Waals surface area contributed by atoms with Crippen molar-refractivity contribution in [3.8, 4) is 11.1 Å². The molecule has 0 amide bonds. The van der Waals surface area contributed by atoms with Crippen LogP contribution in [0.4, 0.5) is 17.6 Å². The van der Waals surface area contributed by atoms with Crippen molar-refractivity contribution in [3.05, 3.63) is 87.6 Å². The molecule has 0 bridgehead atoms. The van der Waals surface area contributed by atoms with Crippen molar-refractivity contribution in [2.45, 2.75) is 49.8 Å². The van der Waals surface area contributed by atoms with E-state index < -0.39 is 11.7 Å². The maximum atomic E-state index is 13.6. The third-order valence-electron chi connectivity index (χ3n) is 6.65. The Morgan fingerprint density at radius 2 is 1.79 bits per heavy atom. The lowest BCUT2D eigenvalue weighted by atomic mass is 9.85. The molecule has 0 saturated heterocycles. The van der Waals surface area contributed by atoms with E-state index in [9.17, 15) is 22.4 Å². The molecule has 3 aromatic rings. The van der Waals surface area contributed by atoms with E-state index in [1.165, 1.54) is 36.2 Å². The van der Waals surface area contributed by atoms with Gasteiger partial charge in [-0.2, -0.15) is 13.2 Å². The lowest BCUT2D eigenvalue weighted by Gasteiger charge is -2.33. The quantitative estimate of drug-likeness (QED) is 0.301. The minimum atomic E-state index is -4.42. The average molecular weight is 489 g/mol. The summed E-state index contributed by atoms with van der Waals surface area (Å²) in [4.78, 5) is 14.3. The first-order valence-electron chi connectivity index (χ1n) is 11.4. The standard InChI is InChI=1S/C26H24F4N2OS/c27-21-5-2-6-22(14-21)34-31-12-11-24-19(16-31)13-23(25(33)32(24)15-17-3-1-4-17)18-7-9-20(10-8-18)26(28,29)30/h2,5-10,13-14,17H,1,3-4,11-12,15-16H2. The molecule has 8 heteroatoms. The fourth-order valence-corrected chi connectivity index (χ4v) is 5.60. The summed E-state index contributed by atoms with van der Waals surface area (Å²) < 4.78 is 56.7. The van der Waals surface area contributed by atoms with Crippen LogP contribution in [0.3, 0.4) is 0 Å². The van der Waals surface area contributed by atoms with E-state index in [2.05, 4.69) is 4.31 Å². The maximum Gasteiger partial charge on any atom is 0.416 e. The molecule has 1 aliphatic carbocycles. The van der Waals surface area contributed by atoms with E-state index in [0.29, 0.717) is 36.6 Å². The van der Waals surface area contributed by atoms with Gasteiger partial charge in [-0.25, -0.2) is 8.70 Å². The van der Waals surface area contributed by atoms with Gasteiger partial charge in [0.2, 0.25) is 0 Å². The molecule has 1 saturated carbocycles. The third kappa shape index (κ3) is 4.79. The Balaban J connectivity index is 1.50. The van der Waals surface area contributed by atoms with Crippen molar-refractivity contribution in [2.75, 3.05) is 6.54 Å². The summed E-state index contributed by atoms with van der Waals surface area (Å²) in [5.41, 5.74) is 2.02. The summed E-state index contributed by atoms with van der Waals surface area (Å²) in [5.74, 6) is 0.172. The lowest BCUT2D eigenvalue weighted by molar-refractivity contribution is -0.137. The van der Waals surface area contributed by atoms with Gasteiger partial charge in [0.05, 0.1) is 5.56 Å². The molecular weight excluding hydrogens is 464 g/mol. The molecule has 0 spiro atoms. The number of fused-ring (bicyclic) bond motifs is 1. The Kier molecular flexibility index (Phi) is 6.29. The summed E-state index contributed by atoms with van der Waals surface area (Å²) in [6.45, 7) is 1.93. The fraction of sp³-hybridized carbons (Fsp3) is 0.346. The van der Waals surface area contributed by atoms with Gasteiger partial charge in [0, 0.05) is 42.2 Å². The van der Waals surface area contributed by atoms with Crippen LogP contribution in [0.1, 0.15) is 36.1 Å². The zero-order chi connectivity index (χ0) is 23.9. The van der Waals surface area contributed by atoms with E-state index in [0.717, 1.165) is 54.1 Å². The average Bonchev–Trinajstić information content (AvgIpc) is 2.76. The van der Waals surface area contributed by atoms with Gasteiger partial charge in [-0.05, 0) is 78.2 Å². The zero-order valence-corrected chi connectivity index (χ0v) is 19.3. The van der Waals surface area contributed by atoms with Crippen LogP contribution in [0.5, 0.6) is 0 Å². The predicted octanol–water partition coefficient (Wildman–Crippen LogP) is 6.54. The van der Waals surface area contributed by atoms with Crippen LogP contribution >= 0.6 is 11.9 Å². The van der Waals surface area contributed by atoms with Crippen molar-refractivity contribution in [1.29, 1.82) is 0 Å². The van der Waals surface area contributed by atoms with Gasteiger partial charge >= 0.3 is 6.18 Å². The Bertz CT molecular complexity index is 1250. The summed E-state index contributed by atoms with van der Waals surface area (Å²) in [7, 11) is 0. The molecule has 34 heavy (non-hydrogen) atoms. The van der Waals surface area contributed by atoms with Crippen LogP contribution in [0, 0.1) is 11.7 Å². The molecule has 0 unspecified atom stereocenters. The van der Waals surface area contributed by atoms with Crippen LogP contribution in [0.2, 0.25) is 0 Å². The normalized spacial score (nSPS) is 16.8. The highest BCUT2D eigenvalue weighted by Crippen LogP contribution is 2.34. The first-order valence-corrected chi connectivity index (χ1v) is 12.2. The minimum Gasteiger partial charge on any atom is -0.311 e. The molecule has 1 fully saturated rings. The lowest BCUT2D eigenvalue weighted by Crippen LogP contribution is -2.36. The second-order valence-corrected chi connectivity index (χ2v) is 10.2. The molecule has 178 valence electrons. The summed E-state index contributed by atoms with van der Waals surface area (Å²) >= 11 is 1.47. The van der Waals surface area contributed by atoms with Gasteiger partial charge in [0.15, 0.2) is 0 Å². The number of benzene rings is 2. The molecular formula is C26H24F4N2OS. The van der Waals surface area contributed by atoms with E-state index in [-0.39, 0.29) is 11.4 Å². The van der Waals surface area contributed by atoms with E-state index >= 15 is 0 Å². The molecule has 2 aliphatic rings. The monoisotopic (exact) mass is 488 g/mol. The molecule has 2 heterocycles. The first-order chi connectivity index (χ1) is 16.3. The molecule has 2 aromatic carbocycles.